The molecular formula is C33H46N4O4S. The first-order chi connectivity index (χ1) is 20.2. The van der Waals surface area contributed by atoms with Gasteiger partial charge in [0.1, 0.15) is 11.6 Å². The Bertz CT molecular complexity index is 1240. The van der Waals surface area contributed by atoms with Crippen LogP contribution in [-0.4, -0.2) is 83.2 Å². The van der Waals surface area contributed by atoms with E-state index >= 15 is 0 Å². The van der Waals surface area contributed by atoms with E-state index in [9.17, 15) is 14.4 Å². The van der Waals surface area contributed by atoms with Crippen LogP contribution in [-0.2, 0) is 19.1 Å². The normalized spacial score (nSPS) is 37.6. The van der Waals surface area contributed by atoms with Crippen LogP contribution in [0.5, 0.6) is 0 Å². The van der Waals surface area contributed by atoms with Crippen LogP contribution in [0.2, 0.25) is 0 Å². The Balaban J connectivity index is 1.28. The fourth-order valence-electron chi connectivity index (χ4n) is 8.21. The molecule has 8 nitrogen and oxygen atoms in total. The van der Waals surface area contributed by atoms with E-state index in [4.69, 9.17) is 4.74 Å². The van der Waals surface area contributed by atoms with E-state index in [0.717, 1.165) is 37.1 Å². The van der Waals surface area contributed by atoms with Crippen LogP contribution in [0.1, 0.15) is 59.3 Å². The summed E-state index contributed by atoms with van der Waals surface area (Å²) >= 11 is 1.61. The lowest BCUT2D eigenvalue weighted by molar-refractivity contribution is -0.142. The van der Waals surface area contributed by atoms with E-state index in [0.29, 0.717) is 36.7 Å². The van der Waals surface area contributed by atoms with Gasteiger partial charge in [-0.2, -0.15) is 0 Å². The molecule has 1 saturated carbocycles. The number of anilines is 1. The largest absolute Gasteiger partial charge is 0.359 e. The van der Waals surface area contributed by atoms with Crippen molar-refractivity contribution in [1.82, 2.24) is 15.1 Å². The van der Waals surface area contributed by atoms with Crippen molar-refractivity contribution in [2.45, 2.75) is 94.0 Å². The summed E-state index contributed by atoms with van der Waals surface area (Å²) in [6.45, 7) is 8.88. The van der Waals surface area contributed by atoms with Crippen molar-refractivity contribution >= 4 is 35.2 Å². The summed E-state index contributed by atoms with van der Waals surface area (Å²) in [5, 5.41) is 6.41. The SMILES string of the molecule is CSc1cccc(NC(=O)[C@@H]2[C@@H]3C=C[C@]4(O3)[C@@H]2C(=O)N(CCN2CCCC[C@H]2C)[C@H]4C(=O)N[C@@H]2CCC[C@H](C)[C@H]2C)c1. The lowest BCUT2D eigenvalue weighted by Crippen LogP contribution is -2.58. The summed E-state index contributed by atoms with van der Waals surface area (Å²) in [7, 11) is 0. The van der Waals surface area contributed by atoms with E-state index < -0.39 is 29.6 Å². The fourth-order valence-corrected chi connectivity index (χ4v) is 8.67. The second-order valence-electron chi connectivity index (χ2n) is 13.2. The smallest absolute Gasteiger partial charge is 0.246 e. The van der Waals surface area contributed by atoms with Gasteiger partial charge in [0.15, 0.2) is 0 Å². The number of ether oxygens (including phenoxy) is 1. The van der Waals surface area contributed by atoms with Gasteiger partial charge in [0.2, 0.25) is 17.7 Å². The van der Waals surface area contributed by atoms with Gasteiger partial charge in [-0.3, -0.25) is 19.3 Å². The van der Waals surface area contributed by atoms with Crippen molar-refractivity contribution in [2.75, 3.05) is 31.2 Å². The van der Waals surface area contributed by atoms with Crippen LogP contribution < -0.4 is 10.6 Å². The quantitative estimate of drug-likeness (QED) is 0.344. The highest BCUT2D eigenvalue weighted by Gasteiger charge is 2.72. The molecule has 2 N–H and O–H groups in total. The van der Waals surface area contributed by atoms with Crippen LogP contribution in [0, 0.1) is 23.7 Å². The Morgan fingerprint density at radius 3 is 2.69 bits per heavy atom. The first kappa shape index (κ1) is 29.7. The van der Waals surface area contributed by atoms with Gasteiger partial charge in [-0.15, -0.1) is 11.8 Å². The van der Waals surface area contributed by atoms with Crippen molar-refractivity contribution < 1.29 is 19.1 Å². The molecule has 1 aliphatic carbocycles. The van der Waals surface area contributed by atoms with Gasteiger partial charge in [-0.1, -0.05) is 51.3 Å². The summed E-state index contributed by atoms with van der Waals surface area (Å²) in [5.74, 6) is -1.05. The molecule has 9 atom stereocenters. The van der Waals surface area contributed by atoms with Gasteiger partial charge in [0.25, 0.3) is 0 Å². The number of nitrogens with one attached hydrogen (secondary N) is 2. The van der Waals surface area contributed by atoms with Crippen LogP contribution >= 0.6 is 11.8 Å². The number of hydrogen-bond donors (Lipinski definition) is 2. The highest BCUT2D eigenvalue weighted by Crippen LogP contribution is 2.55. The molecule has 228 valence electrons. The van der Waals surface area contributed by atoms with Crippen molar-refractivity contribution in [2.24, 2.45) is 23.7 Å². The molecule has 2 bridgehead atoms. The molecule has 0 radical (unpaired) electrons. The van der Waals surface area contributed by atoms with Gasteiger partial charge in [0.05, 0.1) is 17.9 Å². The molecule has 4 aliphatic heterocycles. The summed E-state index contributed by atoms with van der Waals surface area (Å²) in [5.41, 5.74) is -0.435. The highest BCUT2D eigenvalue weighted by molar-refractivity contribution is 7.98. The Labute approximate surface area is 254 Å². The number of amides is 3. The standard InChI is InChI=1S/C33H46N4O4S/c1-20-9-7-13-25(22(20)3)35-31(39)29-33-15-14-26(41-33)27(30(38)34-23-11-8-12-24(19-23)42-4)28(33)32(40)37(29)18-17-36-16-6-5-10-21(36)2/h8,11-12,14-15,19-22,25-29H,5-7,9-10,13,16-18H2,1-4H3,(H,34,38)(H,35,39)/t20-,21+,22+,25+,26-,27+,28-,29-,33-/m0/s1. The van der Waals surface area contributed by atoms with Crippen LogP contribution in [0.25, 0.3) is 0 Å². The average molecular weight is 595 g/mol. The number of nitrogens with zero attached hydrogens (tertiary/aromatic N) is 2. The maximum absolute atomic E-state index is 14.3. The average Bonchev–Trinajstić information content (AvgIpc) is 3.62. The van der Waals surface area contributed by atoms with Gasteiger partial charge in [-0.05, 0) is 69.0 Å². The van der Waals surface area contributed by atoms with Crippen LogP contribution in [0.15, 0.2) is 41.3 Å². The third kappa shape index (κ3) is 5.19. The van der Waals surface area contributed by atoms with Gasteiger partial charge < -0.3 is 20.3 Å². The monoisotopic (exact) mass is 594 g/mol. The molecule has 1 spiro atoms. The molecule has 4 heterocycles. The van der Waals surface area contributed by atoms with E-state index in [1.165, 1.54) is 12.8 Å². The molecule has 1 aromatic carbocycles. The number of carbonyl (C=O) groups excluding carboxylic acids is 3. The lowest BCUT2D eigenvalue weighted by Gasteiger charge is -2.39. The molecule has 5 aliphatic rings. The van der Waals surface area contributed by atoms with Crippen LogP contribution in [0.3, 0.4) is 0 Å². The minimum atomic E-state index is -1.13. The minimum absolute atomic E-state index is 0.0705. The van der Waals surface area contributed by atoms with Crippen molar-refractivity contribution in [3.63, 3.8) is 0 Å². The number of rotatable bonds is 8. The molecule has 0 aromatic heterocycles. The topological polar surface area (TPSA) is 91.0 Å². The summed E-state index contributed by atoms with van der Waals surface area (Å²) in [4.78, 5) is 47.6. The molecule has 1 aromatic rings. The van der Waals surface area contributed by atoms with E-state index in [1.807, 2.05) is 42.7 Å². The maximum atomic E-state index is 14.3. The molecule has 4 fully saturated rings. The van der Waals surface area contributed by atoms with Crippen molar-refractivity contribution in [3.05, 3.63) is 36.4 Å². The molecule has 42 heavy (non-hydrogen) atoms. The number of carbonyl (C=O) groups is 3. The zero-order valence-electron chi connectivity index (χ0n) is 25.4. The molecule has 3 amide bonds. The Morgan fingerprint density at radius 2 is 1.90 bits per heavy atom. The third-order valence-corrected chi connectivity index (χ3v) is 11.6. The number of hydrogen-bond acceptors (Lipinski definition) is 6. The second kappa shape index (κ2) is 12.0. The predicted molar refractivity (Wildman–Crippen MR) is 165 cm³/mol. The Hall–Kier alpha value is -2.36. The fraction of sp³-hybridized carbons (Fsp3) is 0.667. The summed E-state index contributed by atoms with van der Waals surface area (Å²) in [6.07, 6.45) is 12.0. The minimum Gasteiger partial charge on any atom is -0.359 e. The van der Waals surface area contributed by atoms with Crippen molar-refractivity contribution in [1.29, 1.82) is 0 Å². The zero-order chi connectivity index (χ0) is 29.6. The highest BCUT2D eigenvalue weighted by atomic mass is 32.2. The van der Waals surface area contributed by atoms with E-state index in [-0.39, 0.29) is 23.8 Å². The molecule has 6 rings (SSSR count). The number of likely N-dealkylation sites (tertiary alicyclic amines) is 2. The number of fused-ring (bicyclic) bond motifs is 1. The molecule has 3 saturated heterocycles. The first-order valence-corrected chi connectivity index (χ1v) is 17.1. The van der Waals surface area contributed by atoms with Crippen molar-refractivity contribution in [3.8, 4) is 0 Å². The lowest BCUT2D eigenvalue weighted by atomic mass is 9.73. The third-order valence-electron chi connectivity index (χ3n) is 10.9. The molecular weight excluding hydrogens is 548 g/mol. The Morgan fingerprint density at radius 1 is 1.07 bits per heavy atom. The Kier molecular flexibility index (Phi) is 8.46. The van der Waals surface area contributed by atoms with Gasteiger partial charge in [-0.25, -0.2) is 0 Å². The first-order valence-electron chi connectivity index (χ1n) is 15.9. The maximum Gasteiger partial charge on any atom is 0.246 e. The molecule has 9 heteroatoms. The molecule has 0 unspecified atom stereocenters. The van der Waals surface area contributed by atoms with E-state index in [1.54, 1.807) is 16.7 Å². The van der Waals surface area contributed by atoms with Gasteiger partial charge in [0, 0.05) is 35.8 Å². The number of piperidine rings is 1. The second-order valence-corrected chi connectivity index (χ2v) is 14.1. The zero-order valence-corrected chi connectivity index (χ0v) is 26.2. The number of benzene rings is 1. The van der Waals surface area contributed by atoms with Crippen LogP contribution in [0.4, 0.5) is 5.69 Å². The predicted octanol–water partition coefficient (Wildman–Crippen LogP) is 4.31. The van der Waals surface area contributed by atoms with Gasteiger partial charge >= 0.3 is 0 Å². The number of thioether (sulfide) groups is 1. The van der Waals surface area contributed by atoms with E-state index in [2.05, 4.69) is 36.3 Å². The summed E-state index contributed by atoms with van der Waals surface area (Å²) < 4.78 is 6.57. The summed E-state index contributed by atoms with van der Waals surface area (Å²) in [6, 6.07) is 7.44.